The number of carbonyl (C=O) groups is 1. The van der Waals surface area contributed by atoms with E-state index < -0.39 is 5.97 Å². The number of hydrogen-bond donors (Lipinski definition) is 1. The van der Waals surface area contributed by atoms with Gasteiger partial charge in [0.05, 0.1) is 18.8 Å². The monoisotopic (exact) mass is 242 g/mol. The summed E-state index contributed by atoms with van der Waals surface area (Å²) in [5.41, 5.74) is 0.127. The summed E-state index contributed by atoms with van der Waals surface area (Å²) in [7, 11) is 0. The van der Waals surface area contributed by atoms with Crippen LogP contribution in [0.15, 0.2) is 12.2 Å². The fourth-order valence-corrected chi connectivity index (χ4v) is 1.52. The first-order chi connectivity index (χ1) is 8.07. The van der Waals surface area contributed by atoms with Crippen LogP contribution in [0.2, 0.25) is 0 Å². The van der Waals surface area contributed by atoms with Crippen molar-refractivity contribution < 1.29 is 14.6 Å². The molecule has 17 heavy (non-hydrogen) atoms. The van der Waals surface area contributed by atoms with Gasteiger partial charge in [0, 0.05) is 0 Å². The van der Waals surface area contributed by atoms with Crippen LogP contribution in [0.1, 0.15) is 52.4 Å². The molecule has 0 aliphatic carbocycles. The zero-order valence-electron chi connectivity index (χ0n) is 11.2. The lowest BCUT2D eigenvalue weighted by Crippen LogP contribution is -2.10. The van der Waals surface area contributed by atoms with Crippen LogP contribution in [-0.4, -0.2) is 24.3 Å². The quantitative estimate of drug-likeness (QED) is 0.364. The minimum atomic E-state index is -0.479. The zero-order valence-corrected chi connectivity index (χ0v) is 11.2. The van der Waals surface area contributed by atoms with Crippen molar-refractivity contribution in [2.24, 2.45) is 5.92 Å². The van der Waals surface area contributed by atoms with Gasteiger partial charge in [-0.25, -0.2) is 4.79 Å². The SMILES string of the molecule is C=C(CO)C(=O)OCCCCCCCC(C)C. The van der Waals surface area contributed by atoms with E-state index in [2.05, 4.69) is 20.4 Å². The second-order valence-electron chi connectivity index (χ2n) is 4.85. The van der Waals surface area contributed by atoms with Crippen molar-refractivity contribution in [2.45, 2.75) is 52.4 Å². The first-order valence-electron chi connectivity index (χ1n) is 6.53. The minimum Gasteiger partial charge on any atom is -0.462 e. The van der Waals surface area contributed by atoms with Crippen LogP contribution in [0.25, 0.3) is 0 Å². The third-order valence-electron chi connectivity index (χ3n) is 2.64. The Morgan fingerprint density at radius 3 is 2.35 bits per heavy atom. The van der Waals surface area contributed by atoms with Gasteiger partial charge < -0.3 is 9.84 Å². The van der Waals surface area contributed by atoms with Crippen LogP contribution in [0.4, 0.5) is 0 Å². The summed E-state index contributed by atoms with van der Waals surface area (Å²) in [5.74, 6) is 0.313. The number of ether oxygens (including phenoxy) is 1. The maximum atomic E-state index is 11.1. The van der Waals surface area contributed by atoms with Gasteiger partial charge >= 0.3 is 5.97 Å². The molecular formula is C14H26O3. The molecule has 0 fully saturated rings. The van der Waals surface area contributed by atoms with E-state index in [1.165, 1.54) is 25.7 Å². The van der Waals surface area contributed by atoms with E-state index in [-0.39, 0.29) is 12.2 Å². The molecule has 0 rings (SSSR count). The Morgan fingerprint density at radius 1 is 1.18 bits per heavy atom. The maximum Gasteiger partial charge on any atom is 0.335 e. The highest BCUT2D eigenvalue weighted by molar-refractivity contribution is 5.87. The second kappa shape index (κ2) is 10.3. The van der Waals surface area contributed by atoms with Crippen LogP contribution >= 0.6 is 0 Å². The van der Waals surface area contributed by atoms with Gasteiger partial charge in [-0.3, -0.25) is 0 Å². The molecule has 0 atom stereocenters. The molecular weight excluding hydrogens is 216 g/mol. The molecule has 0 aromatic carbocycles. The first-order valence-corrected chi connectivity index (χ1v) is 6.53. The third kappa shape index (κ3) is 10.1. The molecule has 0 saturated carbocycles. The number of hydrogen-bond acceptors (Lipinski definition) is 3. The number of aliphatic hydroxyl groups excluding tert-OH is 1. The average molecular weight is 242 g/mol. The molecule has 0 aliphatic rings. The number of esters is 1. The highest BCUT2D eigenvalue weighted by atomic mass is 16.5. The highest BCUT2D eigenvalue weighted by Gasteiger charge is 2.05. The summed E-state index contributed by atoms with van der Waals surface area (Å²) in [4.78, 5) is 11.1. The normalized spacial score (nSPS) is 10.6. The van der Waals surface area contributed by atoms with Crippen molar-refractivity contribution in [3.05, 3.63) is 12.2 Å². The van der Waals surface area contributed by atoms with Crippen LogP contribution < -0.4 is 0 Å². The Hall–Kier alpha value is -0.830. The van der Waals surface area contributed by atoms with Crippen molar-refractivity contribution >= 4 is 5.97 Å². The molecule has 0 unspecified atom stereocenters. The molecule has 0 spiro atoms. The molecule has 1 N–H and O–H groups in total. The summed E-state index contributed by atoms with van der Waals surface area (Å²) in [6.07, 6.45) is 7.04. The Kier molecular flexibility index (Phi) is 9.83. The van der Waals surface area contributed by atoms with Gasteiger partial charge in [-0.15, -0.1) is 0 Å². The van der Waals surface area contributed by atoms with Crippen LogP contribution in [-0.2, 0) is 9.53 Å². The number of carbonyl (C=O) groups excluding carboxylic acids is 1. The van der Waals surface area contributed by atoms with Gasteiger partial charge in [0.25, 0.3) is 0 Å². The van der Waals surface area contributed by atoms with Crippen molar-refractivity contribution in [3.8, 4) is 0 Å². The molecule has 100 valence electrons. The molecule has 3 heteroatoms. The highest BCUT2D eigenvalue weighted by Crippen LogP contribution is 2.10. The Bertz CT molecular complexity index is 222. The summed E-state index contributed by atoms with van der Waals surface area (Å²) >= 11 is 0. The van der Waals surface area contributed by atoms with Crippen molar-refractivity contribution in [1.29, 1.82) is 0 Å². The molecule has 0 aromatic heterocycles. The maximum absolute atomic E-state index is 11.1. The molecule has 3 nitrogen and oxygen atoms in total. The Balaban J connectivity index is 3.24. The van der Waals surface area contributed by atoms with E-state index in [1.54, 1.807) is 0 Å². The van der Waals surface area contributed by atoms with Gasteiger partial charge in [0.2, 0.25) is 0 Å². The number of aliphatic hydroxyl groups is 1. The second-order valence-corrected chi connectivity index (χ2v) is 4.85. The predicted molar refractivity (Wildman–Crippen MR) is 69.7 cm³/mol. The number of rotatable bonds is 10. The lowest BCUT2D eigenvalue weighted by Gasteiger charge is -2.06. The lowest BCUT2D eigenvalue weighted by molar-refractivity contribution is -0.139. The van der Waals surface area contributed by atoms with Crippen molar-refractivity contribution in [2.75, 3.05) is 13.2 Å². The van der Waals surface area contributed by atoms with Gasteiger partial charge in [-0.05, 0) is 12.3 Å². The molecule has 0 bridgehead atoms. The molecule has 0 aromatic rings. The van der Waals surface area contributed by atoms with E-state index in [0.29, 0.717) is 6.61 Å². The summed E-state index contributed by atoms with van der Waals surface area (Å²) < 4.78 is 4.94. The minimum absolute atomic E-state index is 0.127. The van der Waals surface area contributed by atoms with E-state index in [4.69, 9.17) is 9.84 Å². The average Bonchev–Trinajstić information content (AvgIpc) is 2.30. The van der Waals surface area contributed by atoms with E-state index in [0.717, 1.165) is 18.8 Å². The summed E-state index contributed by atoms with van der Waals surface area (Å²) in [5, 5.41) is 8.65. The largest absolute Gasteiger partial charge is 0.462 e. The van der Waals surface area contributed by atoms with Crippen molar-refractivity contribution in [1.82, 2.24) is 0 Å². The molecule has 0 radical (unpaired) electrons. The van der Waals surface area contributed by atoms with E-state index >= 15 is 0 Å². The molecule has 0 amide bonds. The van der Waals surface area contributed by atoms with Gasteiger partial charge in [-0.1, -0.05) is 52.5 Å². The lowest BCUT2D eigenvalue weighted by atomic mass is 10.0. The fourth-order valence-electron chi connectivity index (χ4n) is 1.52. The van der Waals surface area contributed by atoms with Gasteiger partial charge in [0.15, 0.2) is 0 Å². The summed E-state index contributed by atoms with van der Waals surface area (Å²) in [6.45, 7) is 8.00. The van der Waals surface area contributed by atoms with Gasteiger partial charge in [-0.2, -0.15) is 0 Å². The Labute approximate surface area is 105 Å². The predicted octanol–water partition coefficient (Wildman–Crippen LogP) is 3.07. The molecule has 0 saturated heterocycles. The number of unbranched alkanes of at least 4 members (excludes halogenated alkanes) is 4. The van der Waals surface area contributed by atoms with Crippen LogP contribution in [0.3, 0.4) is 0 Å². The molecule has 0 heterocycles. The summed E-state index contributed by atoms with van der Waals surface area (Å²) in [6, 6.07) is 0. The first kappa shape index (κ1) is 16.2. The molecule has 0 aliphatic heterocycles. The third-order valence-corrected chi connectivity index (χ3v) is 2.64. The smallest absolute Gasteiger partial charge is 0.335 e. The topological polar surface area (TPSA) is 46.5 Å². The zero-order chi connectivity index (χ0) is 13.1. The van der Waals surface area contributed by atoms with Crippen LogP contribution in [0.5, 0.6) is 0 Å². The Morgan fingerprint density at radius 2 is 1.76 bits per heavy atom. The standard InChI is InChI=1S/C14H26O3/c1-12(2)9-7-5-4-6-8-10-17-14(16)13(3)11-15/h12,15H,3-11H2,1-2H3. The van der Waals surface area contributed by atoms with Crippen LogP contribution in [0, 0.1) is 5.92 Å². The van der Waals surface area contributed by atoms with Crippen molar-refractivity contribution in [3.63, 3.8) is 0 Å². The van der Waals surface area contributed by atoms with Gasteiger partial charge in [0.1, 0.15) is 0 Å². The fraction of sp³-hybridized carbons (Fsp3) is 0.786. The van der Waals surface area contributed by atoms with E-state index in [9.17, 15) is 4.79 Å². The van der Waals surface area contributed by atoms with E-state index in [1.807, 2.05) is 0 Å².